The first-order valence-electron chi connectivity index (χ1n) is 16.8. The average Bonchev–Trinajstić information content (AvgIpc) is 4.04. The Morgan fingerprint density at radius 3 is 1.48 bits per heavy atom. The maximum Gasteiger partial charge on any atom is 0.262 e. The Morgan fingerprint density at radius 1 is 0.552 bits per heavy atom. The number of rotatable bonds is 13. The molecule has 3 aromatic carbocycles. The van der Waals surface area contributed by atoms with E-state index >= 15 is 4.79 Å². The van der Waals surface area contributed by atoms with Gasteiger partial charge in [0.15, 0.2) is 16.9 Å². The van der Waals surface area contributed by atoms with Crippen molar-refractivity contribution in [3.8, 4) is 0 Å². The zero-order valence-corrected chi connectivity index (χ0v) is 32.5. The summed E-state index contributed by atoms with van der Waals surface area (Å²) in [7, 11) is -4.02. The van der Waals surface area contributed by atoms with Crippen LogP contribution in [-0.4, -0.2) is 77.5 Å². The summed E-state index contributed by atoms with van der Waals surface area (Å²) >= 11 is 3.31. The lowest BCUT2D eigenvalue weighted by molar-refractivity contribution is -0.115. The van der Waals surface area contributed by atoms with E-state index in [1.807, 2.05) is 30.3 Å². The van der Waals surface area contributed by atoms with Gasteiger partial charge in [-0.2, -0.15) is 10.2 Å². The van der Waals surface area contributed by atoms with Gasteiger partial charge in [-0.3, -0.25) is 9.52 Å². The second kappa shape index (κ2) is 15.6. The number of sulfonamides is 1. The van der Waals surface area contributed by atoms with Crippen molar-refractivity contribution >= 4 is 107 Å². The van der Waals surface area contributed by atoms with Crippen LogP contribution in [0.2, 0.25) is 0 Å². The third-order valence-corrected chi connectivity index (χ3v) is 13.9. The van der Waals surface area contributed by atoms with E-state index in [-0.39, 0.29) is 4.90 Å². The Hall–Kier alpha value is -6.82. The molecule has 0 bridgehead atoms. The molecule has 0 saturated heterocycles. The molecule has 1 amide bonds. The molecule has 0 saturated carbocycles. The first-order chi connectivity index (χ1) is 28.3. The summed E-state index contributed by atoms with van der Waals surface area (Å²) in [5.41, 5.74) is 4.57. The van der Waals surface area contributed by atoms with Crippen LogP contribution in [0.4, 0.5) is 22.7 Å². The smallest absolute Gasteiger partial charge is 0.262 e. The van der Waals surface area contributed by atoms with Gasteiger partial charge in [0.25, 0.3) is 15.9 Å². The van der Waals surface area contributed by atoms with E-state index in [9.17, 15) is 8.42 Å². The fourth-order valence-electron chi connectivity index (χ4n) is 5.39. The van der Waals surface area contributed by atoms with Crippen LogP contribution in [0.5, 0.6) is 0 Å². The average molecular weight is 845 g/mol. The second-order valence-corrected chi connectivity index (χ2v) is 17.9. The molecule has 0 radical (unpaired) electrons. The monoisotopic (exact) mass is 844 g/mol. The number of aromatic nitrogens is 12. The number of hydrogen-bond donors (Lipinski definition) is 5. The lowest BCUT2D eigenvalue weighted by Crippen LogP contribution is -2.34. The van der Waals surface area contributed by atoms with Crippen molar-refractivity contribution in [3.05, 3.63) is 117 Å². The number of benzene rings is 3. The van der Waals surface area contributed by atoms with Gasteiger partial charge >= 0.3 is 0 Å². The first-order valence-corrected chi connectivity index (χ1v) is 20.8. The van der Waals surface area contributed by atoms with Gasteiger partial charge in [-0.05, 0) is 60.7 Å². The van der Waals surface area contributed by atoms with Crippen molar-refractivity contribution < 1.29 is 13.2 Å². The molecule has 286 valence electrons. The zero-order valence-electron chi connectivity index (χ0n) is 29.2. The number of fused-ring (bicyclic) bond motifs is 3. The third kappa shape index (κ3) is 7.65. The number of azo groups is 1. The van der Waals surface area contributed by atoms with E-state index in [1.165, 1.54) is 62.2 Å². The fraction of sp³-hybridized carbons (Fsp3) is 0.0286. The molecule has 6 aromatic heterocycles. The molecule has 0 atom stereocenters. The summed E-state index contributed by atoms with van der Waals surface area (Å²) in [6.45, 7) is 0. The predicted octanol–water partition coefficient (Wildman–Crippen LogP) is 6.87. The summed E-state index contributed by atoms with van der Waals surface area (Å²) in [4.78, 5) is 63.3. The summed E-state index contributed by atoms with van der Waals surface area (Å²) in [5, 5.41) is 12.6. The van der Waals surface area contributed by atoms with Crippen LogP contribution >= 0.6 is 35.3 Å². The minimum absolute atomic E-state index is 0.0319. The SMILES string of the molecule is O=C(Nc1ccc(S(=O)(=O)Nc2ccc(N=Nc3ccccc3)cc2)cc1)C(Sc1ncnc2nc[nH]c12)(Sc1ncnc2nc[nH]c12)Sc1ncnc2nc[nH]c12. The van der Waals surface area contributed by atoms with Crippen LogP contribution in [0.3, 0.4) is 0 Å². The maximum absolute atomic E-state index is 15.0. The normalized spacial score (nSPS) is 12.1. The summed E-state index contributed by atoms with van der Waals surface area (Å²) in [6.07, 6.45) is 8.54. The molecule has 58 heavy (non-hydrogen) atoms. The Kier molecular flexibility index (Phi) is 9.90. The van der Waals surface area contributed by atoms with E-state index < -0.39 is 19.3 Å². The Bertz CT molecular complexity index is 2870. The number of nitrogens with one attached hydrogen (secondary N) is 5. The topological polar surface area (TPSA) is 263 Å². The molecule has 0 aliphatic carbocycles. The van der Waals surface area contributed by atoms with E-state index in [2.05, 4.69) is 80.1 Å². The van der Waals surface area contributed by atoms with Crippen molar-refractivity contribution in [2.75, 3.05) is 10.0 Å². The lowest BCUT2D eigenvalue weighted by atomic mass is 10.3. The van der Waals surface area contributed by atoms with Crippen LogP contribution in [-0.2, 0) is 14.8 Å². The van der Waals surface area contributed by atoms with Crippen LogP contribution in [0.1, 0.15) is 0 Å². The highest BCUT2D eigenvalue weighted by Gasteiger charge is 2.46. The quantitative estimate of drug-likeness (QED) is 0.0343. The van der Waals surface area contributed by atoms with Gasteiger partial charge in [-0.25, -0.2) is 53.3 Å². The number of hydrogen-bond acceptors (Lipinski definition) is 17. The number of thioether (sulfide) groups is 3. The van der Waals surface area contributed by atoms with Crippen LogP contribution < -0.4 is 10.0 Å². The highest BCUT2D eigenvalue weighted by atomic mass is 32.3. The molecule has 19 nitrogen and oxygen atoms in total. The van der Waals surface area contributed by atoms with Gasteiger partial charge in [0.05, 0.1) is 35.3 Å². The first kappa shape index (κ1) is 36.8. The molecule has 0 fully saturated rings. The second-order valence-electron chi connectivity index (χ2n) is 11.9. The molecule has 5 N–H and O–H groups in total. The number of carbonyl (C=O) groups excluding carboxylic acids is 1. The van der Waals surface area contributed by atoms with Gasteiger partial charge in [0.2, 0.25) is 3.41 Å². The third-order valence-electron chi connectivity index (χ3n) is 8.11. The molecule has 0 aliphatic rings. The number of anilines is 2. The molecule has 9 aromatic rings. The molecule has 0 unspecified atom stereocenters. The number of H-pyrrole nitrogens is 3. The van der Waals surface area contributed by atoms with Gasteiger partial charge in [0.1, 0.15) is 50.6 Å². The van der Waals surface area contributed by atoms with Crippen molar-refractivity contribution in [2.24, 2.45) is 10.2 Å². The van der Waals surface area contributed by atoms with Crippen molar-refractivity contribution in [3.63, 3.8) is 0 Å². The standard InChI is InChI=1S/C35H24N16O3S4/c52-34(48-20-10-12-24(13-11-20)58(53,54)51-23-8-6-22(7-9-23)50-49-21-4-2-1-3-5-21)35(55-31-25-28(39-14-36-25)42-17-45-31,56-32-26-29(40-15-37-26)43-18-46-32)57-33-27-30(41-16-38-27)44-19-47-33/h1-19,51H,(H,48,52)(H,36,39,42,45)(H,37,40,43,46)(H,38,41,44,47). The zero-order chi connectivity index (χ0) is 39.5. The number of carbonyl (C=O) groups is 1. The van der Waals surface area contributed by atoms with E-state index in [4.69, 9.17) is 0 Å². The predicted molar refractivity (Wildman–Crippen MR) is 218 cm³/mol. The minimum Gasteiger partial charge on any atom is -0.341 e. The highest BCUT2D eigenvalue weighted by Crippen LogP contribution is 2.57. The molecule has 23 heteroatoms. The van der Waals surface area contributed by atoms with E-state index in [0.29, 0.717) is 71.3 Å². The number of nitrogens with zero attached hydrogens (tertiary/aromatic N) is 11. The summed E-state index contributed by atoms with van der Waals surface area (Å²) < 4.78 is 27.9. The van der Waals surface area contributed by atoms with Gasteiger partial charge in [0, 0.05) is 11.4 Å². The van der Waals surface area contributed by atoms with Crippen LogP contribution in [0.15, 0.2) is 147 Å². The maximum atomic E-state index is 15.0. The van der Waals surface area contributed by atoms with E-state index in [1.54, 1.807) is 24.3 Å². The highest BCUT2D eigenvalue weighted by molar-refractivity contribution is 8.35. The fourth-order valence-corrected chi connectivity index (χ4v) is 10.6. The number of imidazole rings is 3. The molecule has 0 spiro atoms. The van der Waals surface area contributed by atoms with Gasteiger partial charge < -0.3 is 20.3 Å². The largest absolute Gasteiger partial charge is 0.341 e. The molecule has 6 heterocycles. The van der Waals surface area contributed by atoms with E-state index in [0.717, 1.165) is 35.3 Å². The Morgan fingerprint density at radius 2 is 1.00 bits per heavy atom. The number of aromatic amines is 3. The van der Waals surface area contributed by atoms with Crippen molar-refractivity contribution in [1.82, 2.24) is 59.8 Å². The molecular formula is C35H24N16O3S4. The van der Waals surface area contributed by atoms with Crippen molar-refractivity contribution in [2.45, 2.75) is 23.4 Å². The van der Waals surface area contributed by atoms with Gasteiger partial charge in [-0.15, -0.1) is 0 Å². The molecular weight excluding hydrogens is 821 g/mol. The van der Waals surface area contributed by atoms with Crippen LogP contribution in [0.25, 0.3) is 33.5 Å². The summed E-state index contributed by atoms with van der Waals surface area (Å²) in [5.74, 6) is -0.533. The minimum atomic E-state index is -4.02. The summed E-state index contributed by atoms with van der Waals surface area (Å²) in [6, 6.07) is 21.5. The van der Waals surface area contributed by atoms with Crippen molar-refractivity contribution in [1.29, 1.82) is 0 Å². The Balaban J connectivity index is 1.03. The lowest BCUT2D eigenvalue weighted by Gasteiger charge is -2.29. The Labute approximate surface area is 339 Å². The number of amides is 1. The molecule has 9 rings (SSSR count). The van der Waals surface area contributed by atoms with Gasteiger partial charge in [-0.1, -0.05) is 53.5 Å². The van der Waals surface area contributed by atoms with Crippen LogP contribution in [0, 0.1) is 0 Å². The molecule has 0 aliphatic heterocycles.